The molecule has 0 radical (unpaired) electrons. The highest BCUT2D eigenvalue weighted by molar-refractivity contribution is 14.0. The van der Waals surface area contributed by atoms with Crippen molar-refractivity contribution in [2.24, 2.45) is 10.9 Å². The SMILES string of the molecule is CN=C(NC)NCC(c1ccccc1)N1CCC(C)CC1.I. The molecule has 4 nitrogen and oxygen atoms in total. The van der Waals surface area contributed by atoms with Crippen LogP contribution in [0.3, 0.4) is 0 Å². The Bertz CT molecular complexity index is 441. The van der Waals surface area contributed by atoms with E-state index in [1.807, 2.05) is 7.05 Å². The Hall–Kier alpha value is -0.820. The summed E-state index contributed by atoms with van der Waals surface area (Å²) in [6.45, 7) is 5.60. The molecule has 0 aromatic heterocycles. The van der Waals surface area contributed by atoms with Gasteiger partial charge in [0.15, 0.2) is 5.96 Å². The molecule has 0 aliphatic carbocycles. The fraction of sp³-hybridized carbons (Fsp3) is 0.588. The van der Waals surface area contributed by atoms with Crippen molar-refractivity contribution in [3.63, 3.8) is 0 Å². The van der Waals surface area contributed by atoms with Crippen LogP contribution < -0.4 is 10.6 Å². The molecule has 1 heterocycles. The summed E-state index contributed by atoms with van der Waals surface area (Å²) in [7, 11) is 3.70. The first-order chi connectivity index (χ1) is 10.2. The van der Waals surface area contributed by atoms with Crippen molar-refractivity contribution in [1.29, 1.82) is 0 Å². The van der Waals surface area contributed by atoms with Crippen LogP contribution in [0.4, 0.5) is 0 Å². The second kappa shape index (κ2) is 10.0. The van der Waals surface area contributed by atoms with Gasteiger partial charge >= 0.3 is 0 Å². The molecule has 1 aliphatic heterocycles. The molecule has 1 atom stereocenters. The summed E-state index contributed by atoms with van der Waals surface area (Å²) >= 11 is 0. The van der Waals surface area contributed by atoms with Crippen LogP contribution in [0.15, 0.2) is 35.3 Å². The lowest BCUT2D eigenvalue weighted by Crippen LogP contribution is -2.44. The zero-order valence-electron chi connectivity index (χ0n) is 13.9. The highest BCUT2D eigenvalue weighted by Gasteiger charge is 2.24. The molecule has 22 heavy (non-hydrogen) atoms. The molecule has 0 bridgehead atoms. The maximum atomic E-state index is 4.21. The van der Waals surface area contributed by atoms with Crippen molar-refractivity contribution in [3.8, 4) is 0 Å². The minimum atomic E-state index is 0. The van der Waals surface area contributed by atoms with Gasteiger partial charge in [-0.1, -0.05) is 37.3 Å². The second-order valence-electron chi connectivity index (χ2n) is 5.85. The monoisotopic (exact) mass is 416 g/mol. The molecule has 1 aliphatic rings. The molecule has 2 N–H and O–H groups in total. The molecular formula is C17H29IN4. The maximum absolute atomic E-state index is 4.21. The second-order valence-corrected chi connectivity index (χ2v) is 5.85. The molecule has 0 saturated carbocycles. The van der Waals surface area contributed by atoms with Gasteiger partial charge in [-0.3, -0.25) is 9.89 Å². The van der Waals surface area contributed by atoms with Gasteiger partial charge in [-0.15, -0.1) is 24.0 Å². The molecule has 1 unspecified atom stereocenters. The van der Waals surface area contributed by atoms with E-state index in [1.54, 1.807) is 7.05 Å². The van der Waals surface area contributed by atoms with E-state index < -0.39 is 0 Å². The van der Waals surface area contributed by atoms with Crippen molar-refractivity contribution in [1.82, 2.24) is 15.5 Å². The number of nitrogens with one attached hydrogen (secondary N) is 2. The number of nitrogens with zero attached hydrogens (tertiary/aromatic N) is 2. The lowest BCUT2D eigenvalue weighted by molar-refractivity contribution is 0.138. The number of likely N-dealkylation sites (tertiary alicyclic amines) is 1. The largest absolute Gasteiger partial charge is 0.359 e. The Labute approximate surface area is 151 Å². The van der Waals surface area contributed by atoms with Crippen molar-refractivity contribution in [2.45, 2.75) is 25.8 Å². The smallest absolute Gasteiger partial charge is 0.190 e. The molecule has 2 rings (SSSR count). The van der Waals surface area contributed by atoms with Crippen LogP contribution in [0, 0.1) is 5.92 Å². The lowest BCUT2D eigenvalue weighted by Gasteiger charge is -2.37. The van der Waals surface area contributed by atoms with Gasteiger partial charge in [0.2, 0.25) is 0 Å². The highest BCUT2D eigenvalue weighted by Crippen LogP contribution is 2.26. The first kappa shape index (κ1) is 19.2. The third kappa shape index (κ3) is 5.43. The number of piperidine rings is 1. The van der Waals surface area contributed by atoms with E-state index >= 15 is 0 Å². The van der Waals surface area contributed by atoms with Crippen LogP contribution in [0.1, 0.15) is 31.4 Å². The van der Waals surface area contributed by atoms with Crippen molar-refractivity contribution in [2.75, 3.05) is 33.7 Å². The van der Waals surface area contributed by atoms with Gasteiger partial charge in [0.1, 0.15) is 0 Å². The van der Waals surface area contributed by atoms with Crippen LogP contribution in [-0.2, 0) is 0 Å². The first-order valence-corrected chi connectivity index (χ1v) is 7.92. The molecule has 124 valence electrons. The quantitative estimate of drug-likeness (QED) is 0.451. The average Bonchev–Trinajstić information content (AvgIpc) is 2.54. The Balaban J connectivity index is 0.00000242. The van der Waals surface area contributed by atoms with Crippen molar-refractivity contribution < 1.29 is 0 Å². The first-order valence-electron chi connectivity index (χ1n) is 7.92. The fourth-order valence-corrected chi connectivity index (χ4v) is 2.95. The number of aliphatic imine (C=N–C) groups is 1. The number of rotatable bonds is 4. The van der Waals surface area contributed by atoms with E-state index in [4.69, 9.17) is 0 Å². The molecular weight excluding hydrogens is 387 g/mol. The van der Waals surface area contributed by atoms with E-state index in [2.05, 4.69) is 57.8 Å². The van der Waals surface area contributed by atoms with E-state index in [0.29, 0.717) is 6.04 Å². The Kier molecular flexibility index (Phi) is 8.78. The summed E-state index contributed by atoms with van der Waals surface area (Å²) in [4.78, 5) is 6.81. The summed E-state index contributed by atoms with van der Waals surface area (Å²) in [5, 5.41) is 6.51. The molecule has 1 fully saturated rings. The maximum Gasteiger partial charge on any atom is 0.190 e. The lowest BCUT2D eigenvalue weighted by atomic mass is 9.95. The number of halogens is 1. The third-order valence-electron chi connectivity index (χ3n) is 4.37. The molecule has 1 aromatic carbocycles. The van der Waals surface area contributed by atoms with E-state index in [0.717, 1.165) is 18.4 Å². The van der Waals surface area contributed by atoms with Crippen molar-refractivity contribution in [3.05, 3.63) is 35.9 Å². The number of hydrogen-bond donors (Lipinski definition) is 2. The normalized spacial score (nSPS) is 18.4. The van der Waals surface area contributed by atoms with Crippen molar-refractivity contribution >= 4 is 29.9 Å². The molecule has 0 amide bonds. The van der Waals surface area contributed by atoms with Crippen LogP contribution in [0.5, 0.6) is 0 Å². The van der Waals surface area contributed by atoms with Crippen LogP contribution >= 0.6 is 24.0 Å². The highest BCUT2D eigenvalue weighted by atomic mass is 127. The minimum absolute atomic E-state index is 0. The topological polar surface area (TPSA) is 39.7 Å². The summed E-state index contributed by atoms with van der Waals surface area (Å²) in [6, 6.07) is 11.2. The van der Waals surface area contributed by atoms with Gasteiger partial charge in [-0.05, 0) is 37.4 Å². The van der Waals surface area contributed by atoms with Gasteiger partial charge in [0, 0.05) is 20.6 Å². The van der Waals surface area contributed by atoms with Crippen LogP contribution in [0.25, 0.3) is 0 Å². The minimum Gasteiger partial charge on any atom is -0.359 e. The van der Waals surface area contributed by atoms with E-state index in [9.17, 15) is 0 Å². The summed E-state index contributed by atoms with van der Waals surface area (Å²) < 4.78 is 0. The van der Waals surface area contributed by atoms with Gasteiger partial charge in [0.25, 0.3) is 0 Å². The molecule has 0 spiro atoms. The predicted molar refractivity (Wildman–Crippen MR) is 105 cm³/mol. The molecule has 1 aromatic rings. The average molecular weight is 416 g/mol. The van der Waals surface area contributed by atoms with Gasteiger partial charge < -0.3 is 10.6 Å². The number of guanidine groups is 1. The molecule has 5 heteroatoms. The zero-order chi connectivity index (χ0) is 15.1. The summed E-state index contributed by atoms with van der Waals surface area (Å²) in [6.07, 6.45) is 2.59. The third-order valence-corrected chi connectivity index (χ3v) is 4.37. The van der Waals surface area contributed by atoms with Crippen LogP contribution in [0.2, 0.25) is 0 Å². The Morgan fingerprint density at radius 3 is 2.45 bits per heavy atom. The van der Waals surface area contributed by atoms with E-state index in [-0.39, 0.29) is 24.0 Å². The number of hydrogen-bond acceptors (Lipinski definition) is 2. The Morgan fingerprint density at radius 1 is 1.27 bits per heavy atom. The summed E-state index contributed by atoms with van der Waals surface area (Å²) in [5.74, 6) is 1.71. The van der Waals surface area contributed by atoms with Gasteiger partial charge in [-0.25, -0.2) is 0 Å². The summed E-state index contributed by atoms with van der Waals surface area (Å²) in [5.41, 5.74) is 1.38. The standard InChI is InChI=1S/C17H28N4.HI/c1-14-9-11-21(12-10-14)16(13-20-17(18-2)19-3)15-7-5-4-6-8-15;/h4-8,14,16H,9-13H2,1-3H3,(H2,18,19,20);1H. The van der Waals surface area contributed by atoms with Gasteiger partial charge in [0.05, 0.1) is 6.04 Å². The van der Waals surface area contributed by atoms with E-state index in [1.165, 1.54) is 31.5 Å². The zero-order valence-corrected chi connectivity index (χ0v) is 16.2. The predicted octanol–water partition coefficient (Wildman–Crippen LogP) is 2.87. The fourth-order valence-electron chi connectivity index (χ4n) is 2.95. The molecule has 1 saturated heterocycles. The van der Waals surface area contributed by atoms with Gasteiger partial charge in [-0.2, -0.15) is 0 Å². The Morgan fingerprint density at radius 2 is 1.91 bits per heavy atom. The van der Waals surface area contributed by atoms with Crippen LogP contribution in [-0.4, -0.2) is 44.6 Å². The number of benzene rings is 1.